The first-order valence-electron chi connectivity index (χ1n) is 8.57. The number of nitrogens with one attached hydrogen (secondary N) is 1. The third kappa shape index (κ3) is 5.19. The number of aromatic nitrogens is 2. The van der Waals surface area contributed by atoms with Crippen LogP contribution >= 0.6 is 0 Å². The van der Waals surface area contributed by atoms with Gasteiger partial charge in [0.05, 0.1) is 35.9 Å². The SMILES string of the molecule is Cc1cc(NC(=O)COC(=O)CCc2ccco2)n(C2CCS(=O)(=O)C2)n1. The van der Waals surface area contributed by atoms with Crippen LogP contribution in [0.25, 0.3) is 0 Å². The summed E-state index contributed by atoms with van der Waals surface area (Å²) in [5.74, 6) is 0.153. The van der Waals surface area contributed by atoms with E-state index in [1.807, 2.05) is 0 Å². The smallest absolute Gasteiger partial charge is 0.306 e. The van der Waals surface area contributed by atoms with Crippen LogP contribution in [0.2, 0.25) is 0 Å². The topological polar surface area (TPSA) is 120 Å². The fourth-order valence-corrected chi connectivity index (χ4v) is 4.63. The maximum absolute atomic E-state index is 12.1. The second kappa shape index (κ2) is 7.95. The molecule has 1 N–H and O–H groups in total. The molecule has 0 bridgehead atoms. The lowest BCUT2D eigenvalue weighted by atomic mass is 10.2. The summed E-state index contributed by atoms with van der Waals surface area (Å²) in [5, 5.41) is 6.92. The number of furan rings is 1. The molecule has 1 fully saturated rings. The van der Waals surface area contributed by atoms with Crippen LogP contribution in [0.1, 0.15) is 30.3 Å². The molecule has 10 heteroatoms. The quantitative estimate of drug-likeness (QED) is 0.701. The largest absolute Gasteiger partial charge is 0.469 e. The third-order valence-corrected chi connectivity index (χ3v) is 5.95. The van der Waals surface area contributed by atoms with E-state index in [0.717, 1.165) is 0 Å². The van der Waals surface area contributed by atoms with Crippen molar-refractivity contribution in [3.05, 3.63) is 35.9 Å². The van der Waals surface area contributed by atoms with Gasteiger partial charge in [-0.25, -0.2) is 13.1 Å². The van der Waals surface area contributed by atoms with Gasteiger partial charge >= 0.3 is 5.97 Å². The van der Waals surface area contributed by atoms with Crippen LogP contribution in [-0.4, -0.2) is 48.2 Å². The van der Waals surface area contributed by atoms with E-state index in [-0.39, 0.29) is 24.0 Å². The van der Waals surface area contributed by atoms with E-state index < -0.39 is 28.3 Å². The van der Waals surface area contributed by atoms with Gasteiger partial charge in [-0.05, 0) is 25.5 Å². The first-order chi connectivity index (χ1) is 12.8. The number of amides is 1. The minimum atomic E-state index is -3.08. The number of carbonyl (C=O) groups is 2. The van der Waals surface area contributed by atoms with Crippen molar-refractivity contribution in [3.63, 3.8) is 0 Å². The highest BCUT2D eigenvalue weighted by Crippen LogP contribution is 2.27. The van der Waals surface area contributed by atoms with Crippen LogP contribution < -0.4 is 5.32 Å². The summed E-state index contributed by atoms with van der Waals surface area (Å²) in [5.41, 5.74) is 0.657. The van der Waals surface area contributed by atoms with E-state index in [1.54, 1.807) is 25.1 Å². The van der Waals surface area contributed by atoms with Gasteiger partial charge in [0, 0.05) is 12.5 Å². The first-order valence-corrected chi connectivity index (χ1v) is 10.4. The second-order valence-corrected chi connectivity index (χ2v) is 8.69. The number of hydrogen-bond acceptors (Lipinski definition) is 7. The average Bonchev–Trinajstić information content (AvgIpc) is 3.31. The molecule has 1 unspecified atom stereocenters. The Morgan fingerprint density at radius 3 is 2.93 bits per heavy atom. The minimum Gasteiger partial charge on any atom is -0.469 e. The fraction of sp³-hybridized carbons (Fsp3) is 0.471. The Labute approximate surface area is 156 Å². The lowest BCUT2D eigenvalue weighted by Gasteiger charge is -2.13. The molecule has 0 radical (unpaired) electrons. The first kappa shape index (κ1) is 19.2. The molecule has 0 spiro atoms. The molecule has 1 aliphatic heterocycles. The highest BCUT2D eigenvalue weighted by Gasteiger charge is 2.31. The van der Waals surface area contributed by atoms with Gasteiger partial charge in [0.2, 0.25) is 0 Å². The zero-order valence-corrected chi connectivity index (χ0v) is 15.7. The molecule has 0 aliphatic carbocycles. The molecule has 1 atom stereocenters. The standard InChI is InChI=1S/C17H21N3O6S/c1-12-9-15(20(19-12)13-6-8-27(23,24)11-13)18-16(21)10-26-17(22)5-4-14-3-2-7-25-14/h2-3,7,9,13H,4-6,8,10-11H2,1H3,(H,18,21). The number of aryl methyl sites for hydroxylation is 2. The van der Waals surface area contributed by atoms with Gasteiger partial charge in [0.1, 0.15) is 11.6 Å². The highest BCUT2D eigenvalue weighted by molar-refractivity contribution is 7.91. The molecule has 0 aromatic carbocycles. The van der Waals surface area contributed by atoms with E-state index in [4.69, 9.17) is 9.15 Å². The predicted molar refractivity (Wildman–Crippen MR) is 95.9 cm³/mol. The normalized spacial score (nSPS) is 18.3. The molecule has 3 heterocycles. The summed E-state index contributed by atoms with van der Waals surface area (Å²) in [6.07, 6.45) is 2.48. The van der Waals surface area contributed by atoms with Crippen LogP contribution in [0.15, 0.2) is 28.9 Å². The molecule has 2 aromatic rings. The van der Waals surface area contributed by atoms with Crippen molar-refractivity contribution in [2.45, 2.75) is 32.2 Å². The summed E-state index contributed by atoms with van der Waals surface area (Å²) in [7, 11) is -3.08. The van der Waals surface area contributed by atoms with Crippen LogP contribution in [0.4, 0.5) is 5.82 Å². The number of esters is 1. The summed E-state index contributed by atoms with van der Waals surface area (Å²) < 4.78 is 35.0. The number of rotatable bonds is 7. The number of ether oxygens (including phenoxy) is 1. The van der Waals surface area contributed by atoms with Gasteiger partial charge in [-0.2, -0.15) is 5.10 Å². The molecule has 2 aromatic heterocycles. The molecule has 1 saturated heterocycles. The van der Waals surface area contributed by atoms with Gasteiger partial charge in [-0.1, -0.05) is 0 Å². The van der Waals surface area contributed by atoms with E-state index >= 15 is 0 Å². The lowest BCUT2D eigenvalue weighted by Crippen LogP contribution is -2.24. The van der Waals surface area contributed by atoms with Crippen molar-refractivity contribution >= 4 is 27.5 Å². The fourth-order valence-electron chi connectivity index (χ4n) is 2.93. The minimum absolute atomic E-state index is 0.00123. The summed E-state index contributed by atoms with van der Waals surface area (Å²) in [4.78, 5) is 23.8. The van der Waals surface area contributed by atoms with Gasteiger partial charge in [0.25, 0.3) is 5.91 Å². The summed E-state index contributed by atoms with van der Waals surface area (Å²) >= 11 is 0. The number of hydrogen-bond donors (Lipinski definition) is 1. The van der Waals surface area contributed by atoms with Gasteiger partial charge in [-0.15, -0.1) is 0 Å². The number of nitrogens with zero attached hydrogens (tertiary/aromatic N) is 2. The number of sulfone groups is 1. The van der Waals surface area contributed by atoms with Crippen LogP contribution in [0.3, 0.4) is 0 Å². The maximum atomic E-state index is 12.1. The van der Waals surface area contributed by atoms with E-state index in [0.29, 0.717) is 30.1 Å². The Morgan fingerprint density at radius 2 is 2.26 bits per heavy atom. The van der Waals surface area contributed by atoms with Crippen molar-refractivity contribution in [1.29, 1.82) is 0 Å². The Hall–Kier alpha value is -2.62. The van der Waals surface area contributed by atoms with Crippen LogP contribution in [0, 0.1) is 6.92 Å². The van der Waals surface area contributed by atoms with E-state index in [1.165, 1.54) is 10.9 Å². The predicted octanol–water partition coefficient (Wildman–Crippen LogP) is 1.26. The Bertz CT molecular complexity index is 917. The van der Waals surface area contributed by atoms with Crippen molar-refractivity contribution in [3.8, 4) is 0 Å². The summed E-state index contributed by atoms with van der Waals surface area (Å²) in [6, 6.07) is 4.83. The molecule has 3 rings (SSSR count). The van der Waals surface area contributed by atoms with Crippen molar-refractivity contribution < 1.29 is 27.2 Å². The lowest BCUT2D eigenvalue weighted by molar-refractivity contribution is -0.147. The molecule has 27 heavy (non-hydrogen) atoms. The highest BCUT2D eigenvalue weighted by atomic mass is 32.2. The molecular weight excluding hydrogens is 374 g/mol. The van der Waals surface area contributed by atoms with Gasteiger partial charge in [-0.3, -0.25) is 9.59 Å². The molecular formula is C17H21N3O6S. The Balaban J connectivity index is 1.51. The molecule has 1 amide bonds. The van der Waals surface area contributed by atoms with Crippen molar-refractivity contribution in [2.75, 3.05) is 23.4 Å². The summed E-state index contributed by atoms with van der Waals surface area (Å²) in [6.45, 7) is 1.33. The number of carbonyl (C=O) groups excluding carboxylic acids is 2. The molecule has 1 aliphatic rings. The maximum Gasteiger partial charge on any atom is 0.306 e. The van der Waals surface area contributed by atoms with Crippen LogP contribution in [0.5, 0.6) is 0 Å². The molecule has 146 valence electrons. The second-order valence-electron chi connectivity index (χ2n) is 6.46. The zero-order chi connectivity index (χ0) is 19.4. The van der Waals surface area contributed by atoms with E-state index in [9.17, 15) is 18.0 Å². The third-order valence-electron chi connectivity index (χ3n) is 4.20. The number of anilines is 1. The van der Waals surface area contributed by atoms with Gasteiger partial charge < -0.3 is 14.5 Å². The zero-order valence-electron chi connectivity index (χ0n) is 14.9. The molecule has 0 saturated carbocycles. The molecule has 9 nitrogen and oxygen atoms in total. The Morgan fingerprint density at radius 1 is 1.44 bits per heavy atom. The van der Waals surface area contributed by atoms with Crippen LogP contribution in [-0.2, 0) is 30.6 Å². The van der Waals surface area contributed by atoms with Crippen molar-refractivity contribution in [2.24, 2.45) is 0 Å². The Kier molecular flexibility index (Phi) is 5.64. The van der Waals surface area contributed by atoms with Gasteiger partial charge in [0.15, 0.2) is 16.4 Å². The van der Waals surface area contributed by atoms with Crippen molar-refractivity contribution in [1.82, 2.24) is 9.78 Å². The monoisotopic (exact) mass is 395 g/mol. The van der Waals surface area contributed by atoms with E-state index in [2.05, 4.69) is 10.4 Å². The average molecular weight is 395 g/mol.